The minimum absolute atomic E-state index is 0.121. The fourth-order valence-corrected chi connectivity index (χ4v) is 3.05. The van der Waals surface area contributed by atoms with Crippen LogP contribution in [0.4, 0.5) is 5.69 Å². The Labute approximate surface area is 132 Å². The molecule has 3 rings (SSSR count). The highest BCUT2D eigenvalue weighted by Crippen LogP contribution is 2.21. The first-order valence-electron chi connectivity index (χ1n) is 6.87. The lowest BCUT2D eigenvalue weighted by molar-refractivity contribution is 0.102. The van der Waals surface area contributed by atoms with Crippen molar-refractivity contribution >= 4 is 28.6 Å². The highest BCUT2D eigenvalue weighted by atomic mass is 32.1. The van der Waals surface area contributed by atoms with Crippen LogP contribution in [0.1, 0.15) is 20.8 Å². The van der Waals surface area contributed by atoms with E-state index < -0.39 is 0 Å². The number of amides is 1. The summed E-state index contributed by atoms with van der Waals surface area (Å²) < 4.78 is 1.67. The number of aromatic nitrogens is 3. The van der Waals surface area contributed by atoms with Gasteiger partial charge < -0.3 is 10.2 Å². The molecule has 7 heteroatoms. The molecule has 22 heavy (non-hydrogen) atoms. The molecule has 1 amide bonds. The predicted octanol–water partition coefficient (Wildman–Crippen LogP) is 2.41. The highest BCUT2D eigenvalue weighted by Gasteiger charge is 2.16. The van der Waals surface area contributed by atoms with Crippen molar-refractivity contribution in [1.82, 2.24) is 19.5 Å². The van der Waals surface area contributed by atoms with Crippen molar-refractivity contribution in [3.8, 4) is 0 Å². The molecule has 6 nitrogen and oxygen atoms in total. The Morgan fingerprint density at radius 2 is 2.23 bits per heavy atom. The van der Waals surface area contributed by atoms with E-state index in [1.165, 1.54) is 11.3 Å². The lowest BCUT2D eigenvalue weighted by atomic mass is 10.2. The molecule has 0 aromatic carbocycles. The maximum atomic E-state index is 12.5. The summed E-state index contributed by atoms with van der Waals surface area (Å²) in [7, 11) is 3.97. The molecule has 1 N–H and O–H groups in total. The van der Waals surface area contributed by atoms with Crippen LogP contribution >= 0.6 is 11.3 Å². The lowest BCUT2D eigenvalue weighted by Gasteiger charge is -2.10. The Morgan fingerprint density at radius 1 is 1.41 bits per heavy atom. The summed E-state index contributed by atoms with van der Waals surface area (Å²) in [6, 6.07) is 1.98. The van der Waals surface area contributed by atoms with Crippen molar-refractivity contribution in [3.05, 3.63) is 46.0 Å². The fourth-order valence-electron chi connectivity index (χ4n) is 2.24. The van der Waals surface area contributed by atoms with Gasteiger partial charge in [-0.3, -0.25) is 4.79 Å². The molecule has 0 fully saturated rings. The molecule has 0 spiro atoms. The molecule has 0 aliphatic carbocycles. The number of nitrogens with zero attached hydrogens (tertiary/aromatic N) is 4. The van der Waals surface area contributed by atoms with Gasteiger partial charge in [-0.05, 0) is 43.6 Å². The third-order valence-corrected chi connectivity index (χ3v) is 4.13. The van der Waals surface area contributed by atoms with Crippen LogP contribution < -0.4 is 5.32 Å². The topological polar surface area (TPSA) is 62.5 Å². The largest absolute Gasteiger partial charge is 0.317 e. The zero-order valence-corrected chi connectivity index (χ0v) is 13.5. The first kappa shape index (κ1) is 14.7. The monoisotopic (exact) mass is 315 g/mol. The number of carbonyl (C=O) groups excluding carboxylic acids is 1. The van der Waals surface area contributed by atoms with Gasteiger partial charge in [0.2, 0.25) is 0 Å². The van der Waals surface area contributed by atoms with Crippen LogP contribution in [0.25, 0.3) is 5.65 Å². The van der Waals surface area contributed by atoms with E-state index in [1.54, 1.807) is 16.9 Å². The second kappa shape index (κ2) is 5.86. The zero-order chi connectivity index (χ0) is 15.7. The molecule has 0 radical (unpaired) electrons. The maximum absolute atomic E-state index is 12.5. The Balaban J connectivity index is 1.86. The average Bonchev–Trinajstić information content (AvgIpc) is 3.05. The number of carbonyl (C=O) groups is 1. The van der Waals surface area contributed by atoms with Crippen molar-refractivity contribution in [2.24, 2.45) is 0 Å². The standard InChI is InChI=1S/C15H17N5OS/c1-10-6-16-14-12(7-17-20(14)8-10)18-15(21)13-11(4-5-22-13)9-19(2)3/h4-8H,9H2,1-3H3,(H,18,21). The van der Waals surface area contributed by atoms with Crippen LogP contribution in [0.5, 0.6) is 0 Å². The summed E-state index contributed by atoms with van der Waals surface area (Å²) in [5.74, 6) is -0.121. The van der Waals surface area contributed by atoms with Crippen molar-refractivity contribution in [2.75, 3.05) is 19.4 Å². The van der Waals surface area contributed by atoms with Gasteiger partial charge in [-0.1, -0.05) is 0 Å². The number of hydrogen-bond acceptors (Lipinski definition) is 5. The smallest absolute Gasteiger partial charge is 0.266 e. The van der Waals surface area contributed by atoms with Gasteiger partial charge in [0, 0.05) is 18.9 Å². The first-order chi connectivity index (χ1) is 10.5. The fraction of sp³-hybridized carbons (Fsp3) is 0.267. The molecule has 114 valence electrons. The molecule has 0 unspecified atom stereocenters. The van der Waals surface area contributed by atoms with E-state index in [0.29, 0.717) is 11.3 Å². The molecule has 0 atom stereocenters. The van der Waals surface area contributed by atoms with Gasteiger partial charge in [-0.25, -0.2) is 9.50 Å². The van der Waals surface area contributed by atoms with Crippen LogP contribution in [0, 0.1) is 6.92 Å². The summed E-state index contributed by atoms with van der Waals surface area (Å²) in [4.78, 5) is 19.6. The molecule has 3 heterocycles. The molecular formula is C15H17N5OS. The quantitative estimate of drug-likeness (QED) is 0.803. The Hall–Kier alpha value is -2.25. The minimum atomic E-state index is -0.121. The van der Waals surface area contributed by atoms with Gasteiger partial charge in [0.15, 0.2) is 5.65 Å². The summed E-state index contributed by atoms with van der Waals surface area (Å²) in [5.41, 5.74) is 3.30. The minimum Gasteiger partial charge on any atom is -0.317 e. The van der Waals surface area contributed by atoms with Gasteiger partial charge in [0.25, 0.3) is 5.91 Å². The van der Waals surface area contributed by atoms with Crippen molar-refractivity contribution in [3.63, 3.8) is 0 Å². The maximum Gasteiger partial charge on any atom is 0.266 e. The van der Waals surface area contributed by atoms with Crippen molar-refractivity contribution < 1.29 is 4.79 Å². The van der Waals surface area contributed by atoms with Crippen molar-refractivity contribution in [1.29, 1.82) is 0 Å². The molecule has 0 aliphatic rings. The number of anilines is 1. The van der Waals surface area contributed by atoms with E-state index >= 15 is 0 Å². The molecule has 0 aliphatic heterocycles. The molecule has 0 saturated heterocycles. The van der Waals surface area contributed by atoms with Crippen LogP contribution in [0.2, 0.25) is 0 Å². The van der Waals surface area contributed by atoms with Gasteiger partial charge in [-0.15, -0.1) is 11.3 Å². The number of nitrogens with one attached hydrogen (secondary N) is 1. The van der Waals surface area contributed by atoms with Crippen LogP contribution in [-0.2, 0) is 6.54 Å². The van der Waals surface area contributed by atoms with E-state index in [4.69, 9.17) is 0 Å². The summed E-state index contributed by atoms with van der Waals surface area (Å²) >= 11 is 1.44. The summed E-state index contributed by atoms with van der Waals surface area (Å²) in [6.07, 6.45) is 5.26. The van der Waals surface area contributed by atoms with Gasteiger partial charge in [0.05, 0.1) is 11.1 Å². The normalized spacial score (nSPS) is 11.3. The van der Waals surface area contributed by atoms with Crippen LogP contribution in [0.3, 0.4) is 0 Å². The van der Waals surface area contributed by atoms with Gasteiger partial charge >= 0.3 is 0 Å². The van der Waals surface area contributed by atoms with Crippen LogP contribution in [-0.4, -0.2) is 39.5 Å². The summed E-state index contributed by atoms with van der Waals surface area (Å²) in [5, 5.41) is 9.06. The van der Waals surface area contributed by atoms with E-state index in [9.17, 15) is 4.79 Å². The number of thiophene rings is 1. The molecule has 3 aromatic rings. The van der Waals surface area contributed by atoms with Gasteiger partial charge in [-0.2, -0.15) is 5.10 Å². The number of hydrogen-bond donors (Lipinski definition) is 1. The second-order valence-electron chi connectivity index (χ2n) is 5.42. The lowest BCUT2D eigenvalue weighted by Crippen LogP contribution is -2.16. The second-order valence-corrected chi connectivity index (χ2v) is 6.34. The Kier molecular flexibility index (Phi) is 3.91. The number of rotatable bonds is 4. The third-order valence-electron chi connectivity index (χ3n) is 3.17. The highest BCUT2D eigenvalue weighted by molar-refractivity contribution is 7.12. The van der Waals surface area contributed by atoms with Crippen molar-refractivity contribution in [2.45, 2.75) is 13.5 Å². The molecule has 0 bridgehead atoms. The molecule has 0 saturated carbocycles. The van der Waals surface area contributed by atoms with E-state index in [1.807, 2.05) is 43.6 Å². The predicted molar refractivity (Wildman–Crippen MR) is 87.4 cm³/mol. The molecule has 3 aromatic heterocycles. The number of aryl methyl sites for hydroxylation is 1. The first-order valence-corrected chi connectivity index (χ1v) is 7.75. The average molecular weight is 315 g/mol. The third kappa shape index (κ3) is 2.86. The van der Waals surface area contributed by atoms with E-state index in [-0.39, 0.29) is 5.91 Å². The Morgan fingerprint density at radius 3 is 3.00 bits per heavy atom. The summed E-state index contributed by atoms with van der Waals surface area (Å²) in [6.45, 7) is 2.68. The van der Waals surface area contributed by atoms with Crippen LogP contribution in [0.15, 0.2) is 30.0 Å². The van der Waals surface area contributed by atoms with Gasteiger partial charge in [0.1, 0.15) is 5.69 Å². The molecular weight excluding hydrogens is 298 g/mol. The van der Waals surface area contributed by atoms with E-state index in [2.05, 4.69) is 15.4 Å². The zero-order valence-electron chi connectivity index (χ0n) is 12.7. The number of fused-ring (bicyclic) bond motifs is 1. The Bertz CT molecular complexity index is 820. The SMILES string of the molecule is Cc1cnc2c(NC(=O)c3sccc3CN(C)C)cnn2c1. The van der Waals surface area contributed by atoms with E-state index in [0.717, 1.165) is 22.5 Å².